The molecule has 2 aliphatic rings. The lowest BCUT2D eigenvalue weighted by molar-refractivity contribution is -0.0970. The first-order chi connectivity index (χ1) is 12.6. The van der Waals surface area contributed by atoms with Crippen molar-refractivity contribution in [1.29, 1.82) is 0 Å². The normalized spacial score (nSPS) is 30.3. The Bertz CT molecular complexity index is 772. The number of ether oxygens (including phenoxy) is 4. The molecule has 0 amide bonds. The van der Waals surface area contributed by atoms with Crippen molar-refractivity contribution in [3.8, 4) is 5.75 Å². The number of hydrogen-bond acceptors (Lipinski definition) is 5. The van der Waals surface area contributed by atoms with Crippen molar-refractivity contribution in [2.45, 2.75) is 37.4 Å². The first-order valence-electron chi connectivity index (χ1n) is 8.69. The fourth-order valence-electron chi connectivity index (χ4n) is 3.56. The Morgan fingerprint density at radius 1 is 1.19 bits per heavy atom. The Hall–Kier alpha value is -1.79. The van der Waals surface area contributed by atoms with Crippen LogP contribution < -0.4 is 10.5 Å². The third-order valence-electron chi connectivity index (χ3n) is 5.06. The van der Waals surface area contributed by atoms with Gasteiger partial charge in [0.15, 0.2) is 6.10 Å². The second-order valence-corrected chi connectivity index (χ2v) is 7.29. The maximum atomic E-state index is 6.22. The second kappa shape index (κ2) is 7.08. The molecule has 0 saturated carbocycles. The van der Waals surface area contributed by atoms with Gasteiger partial charge in [0.25, 0.3) is 0 Å². The third-order valence-corrected chi connectivity index (χ3v) is 5.35. The van der Waals surface area contributed by atoms with E-state index in [4.69, 9.17) is 36.3 Å². The molecule has 2 aliphatic heterocycles. The summed E-state index contributed by atoms with van der Waals surface area (Å²) in [5.74, 6) is 0.580. The van der Waals surface area contributed by atoms with E-state index < -0.39 is 5.60 Å². The smallest absolute Gasteiger partial charge is 0.151 e. The Morgan fingerprint density at radius 3 is 2.77 bits per heavy atom. The summed E-state index contributed by atoms with van der Waals surface area (Å²) in [5.41, 5.74) is 6.92. The lowest BCUT2D eigenvalue weighted by Gasteiger charge is -2.28. The summed E-state index contributed by atoms with van der Waals surface area (Å²) < 4.78 is 24.2. The molecule has 0 aliphatic carbocycles. The van der Waals surface area contributed by atoms with Crippen molar-refractivity contribution < 1.29 is 18.9 Å². The molecule has 138 valence electrons. The van der Waals surface area contributed by atoms with E-state index in [1.807, 2.05) is 37.3 Å². The summed E-state index contributed by atoms with van der Waals surface area (Å²) in [7, 11) is 0. The van der Waals surface area contributed by atoms with Gasteiger partial charge in [0.2, 0.25) is 0 Å². The van der Waals surface area contributed by atoms with Gasteiger partial charge in [-0.1, -0.05) is 41.9 Å². The van der Waals surface area contributed by atoms with Crippen molar-refractivity contribution in [3.63, 3.8) is 0 Å². The van der Waals surface area contributed by atoms with Gasteiger partial charge in [0.05, 0.1) is 24.8 Å². The quantitative estimate of drug-likeness (QED) is 0.811. The lowest BCUT2D eigenvalue weighted by Crippen LogP contribution is -2.46. The van der Waals surface area contributed by atoms with Gasteiger partial charge in [0.1, 0.15) is 23.6 Å². The molecule has 0 radical (unpaired) electrons. The summed E-state index contributed by atoms with van der Waals surface area (Å²) in [6.45, 7) is 3.44. The summed E-state index contributed by atoms with van der Waals surface area (Å²) in [6, 6.07) is 15.3. The van der Waals surface area contributed by atoms with Crippen molar-refractivity contribution in [3.05, 3.63) is 59.1 Å². The summed E-state index contributed by atoms with van der Waals surface area (Å²) in [4.78, 5) is 0. The van der Waals surface area contributed by atoms with E-state index in [0.717, 1.165) is 5.56 Å². The lowest BCUT2D eigenvalue weighted by atomic mass is 9.94. The highest BCUT2D eigenvalue weighted by Crippen LogP contribution is 2.41. The molecule has 4 atom stereocenters. The predicted molar refractivity (Wildman–Crippen MR) is 99.4 cm³/mol. The van der Waals surface area contributed by atoms with E-state index in [9.17, 15) is 0 Å². The van der Waals surface area contributed by atoms with Gasteiger partial charge in [-0.05, 0) is 30.7 Å². The highest BCUT2D eigenvalue weighted by atomic mass is 35.5. The van der Waals surface area contributed by atoms with Crippen LogP contribution in [-0.4, -0.2) is 37.1 Å². The molecule has 0 bridgehead atoms. The molecule has 2 N–H and O–H groups in total. The molecule has 4 rings (SSSR count). The van der Waals surface area contributed by atoms with Crippen molar-refractivity contribution >= 4 is 17.3 Å². The van der Waals surface area contributed by atoms with Crippen LogP contribution in [-0.2, 0) is 20.8 Å². The topological polar surface area (TPSA) is 62.9 Å². The van der Waals surface area contributed by atoms with Crippen LogP contribution in [0.2, 0.25) is 5.02 Å². The largest absolute Gasteiger partial charge is 0.484 e. The SMILES string of the molecule is C[C@]12OC[C@H](Oc3ccc(N)cc3Cl)C1OC[C@@H]2OCc1ccccc1. The molecule has 2 aromatic carbocycles. The molecule has 26 heavy (non-hydrogen) atoms. The van der Waals surface area contributed by atoms with E-state index in [2.05, 4.69) is 0 Å². The predicted octanol–water partition coefficient (Wildman–Crippen LogP) is 3.44. The highest BCUT2D eigenvalue weighted by molar-refractivity contribution is 6.32. The van der Waals surface area contributed by atoms with Gasteiger partial charge in [0, 0.05) is 5.69 Å². The number of nitrogen functional groups attached to an aromatic ring is 1. The Kier molecular flexibility index (Phi) is 4.80. The van der Waals surface area contributed by atoms with Crippen LogP contribution in [0.3, 0.4) is 0 Å². The number of anilines is 1. The van der Waals surface area contributed by atoms with E-state index in [-0.39, 0.29) is 18.3 Å². The van der Waals surface area contributed by atoms with Crippen LogP contribution in [0.1, 0.15) is 12.5 Å². The first-order valence-corrected chi connectivity index (χ1v) is 9.07. The average Bonchev–Trinajstić information content (AvgIpc) is 3.12. The molecule has 0 spiro atoms. The molecule has 1 unspecified atom stereocenters. The standard InChI is InChI=1S/C20H22ClNO4/c1-20-18(23-10-13-5-3-2-4-6-13)12-24-19(20)17(11-25-20)26-16-8-7-14(22)9-15(16)21/h2-9,17-19H,10-12,22H2,1H3/t17-,18-,19?,20+/m0/s1. The molecule has 2 aromatic rings. The zero-order valence-electron chi connectivity index (χ0n) is 14.6. The minimum atomic E-state index is -0.542. The minimum Gasteiger partial charge on any atom is -0.484 e. The molecular weight excluding hydrogens is 354 g/mol. The highest BCUT2D eigenvalue weighted by Gasteiger charge is 2.58. The summed E-state index contributed by atoms with van der Waals surface area (Å²) in [6.07, 6.45) is -0.605. The first kappa shape index (κ1) is 17.6. The van der Waals surface area contributed by atoms with E-state index in [1.54, 1.807) is 18.2 Å². The molecular formula is C20H22ClNO4. The number of hydrogen-bond donors (Lipinski definition) is 1. The van der Waals surface area contributed by atoms with Gasteiger partial charge < -0.3 is 24.7 Å². The van der Waals surface area contributed by atoms with Crippen LogP contribution in [0.15, 0.2) is 48.5 Å². The molecule has 2 fully saturated rings. The number of halogens is 1. The monoisotopic (exact) mass is 375 g/mol. The van der Waals surface area contributed by atoms with Gasteiger partial charge >= 0.3 is 0 Å². The number of benzene rings is 2. The van der Waals surface area contributed by atoms with Gasteiger partial charge in [-0.3, -0.25) is 0 Å². The Balaban J connectivity index is 1.42. The van der Waals surface area contributed by atoms with E-state index in [1.165, 1.54) is 0 Å². The maximum Gasteiger partial charge on any atom is 0.151 e. The Labute approximate surface area is 157 Å². The van der Waals surface area contributed by atoms with Gasteiger partial charge in [-0.25, -0.2) is 0 Å². The zero-order valence-corrected chi connectivity index (χ0v) is 15.3. The fraction of sp³-hybridized carbons (Fsp3) is 0.400. The van der Waals surface area contributed by atoms with Crippen LogP contribution in [0.4, 0.5) is 5.69 Å². The molecule has 5 nitrogen and oxygen atoms in total. The third kappa shape index (κ3) is 3.28. The number of fused-ring (bicyclic) bond motifs is 1. The summed E-state index contributed by atoms with van der Waals surface area (Å²) in [5, 5.41) is 0.480. The van der Waals surface area contributed by atoms with Crippen LogP contribution >= 0.6 is 11.6 Å². The van der Waals surface area contributed by atoms with Crippen LogP contribution in [0.25, 0.3) is 0 Å². The van der Waals surface area contributed by atoms with Crippen molar-refractivity contribution in [1.82, 2.24) is 0 Å². The van der Waals surface area contributed by atoms with Gasteiger partial charge in [-0.15, -0.1) is 0 Å². The van der Waals surface area contributed by atoms with E-state index >= 15 is 0 Å². The van der Waals surface area contributed by atoms with Crippen LogP contribution in [0, 0.1) is 0 Å². The summed E-state index contributed by atoms with van der Waals surface area (Å²) >= 11 is 6.22. The zero-order chi connectivity index (χ0) is 18.1. The van der Waals surface area contributed by atoms with Crippen LogP contribution in [0.5, 0.6) is 5.75 Å². The number of rotatable bonds is 5. The second-order valence-electron chi connectivity index (χ2n) is 6.88. The molecule has 2 saturated heterocycles. The van der Waals surface area contributed by atoms with Crippen molar-refractivity contribution in [2.75, 3.05) is 18.9 Å². The number of nitrogens with two attached hydrogens (primary N) is 1. The molecule has 0 aromatic heterocycles. The van der Waals surface area contributed by atoms with Gasteiger partial charge in [-0.2, -0.15) is 0 Å². The Morgan fingerprint density at radius 2 is 2.00 bits per heavy atom. The minimum absolute atomic E-state index is 0.150. The average molecular weight is 376 g/mol. The molecule has 2 heterocycles. The maximum absolute atomic E-state index is 6.22. The van der Waals surface area contributed by atoms with Crippen molar-refractivity contribution in [2.24, 2.45) is 0 Å². The molecule has 6 heteroatoms. The van der Waals surface area contributed by atoms with E-state index in [0.29, 0.717) is 36.3 Å². The fourth-order valence-corrected chi connectivity index (χ4v) is 3.80.